The Morgan fingerprint density at radius 2 is 2.26 bits per heavy atom. The van der Waals surface area contributed by atoms with Crippen LogP contribution in [0.3, 0.4) is 0 Å². The van der Waals surface area contributed by atoms with Crippen LogP contribution in [0.2, 0.25) is 0 Å². The molecule has 0 aliphatic rings. The van der Waals surface area contributed by atoms with Gasteiger partial charge in [0.05, 0.1) is 23.4 Å². The fraction of sp³-hybridized carbons (Fsp3) is 0.250. The molecule has 0 amide bonds. The highest BCUT2D eigenvalue weighted by Crippen LogP contribution is 2.33. The second kappa shape index (κ2) is 5.07. The number of benzene rings is 1. The lowest BCUT2D eigenvalue weighted by atomic mass is 10.1. The van der Waals surface area contributed by atoms with Crippen molar-refractivity contribution in [2.75, 3.05) is 0 Å². The molecule has 100 valence electrons. The summed E-state index contributed by atoms with van der Waals surface area (Å²) in [6, 6.07) is 4.35. The van der Waals surface area contributed by atoms with E-state index >= 15 is 0 Å². The zero-order valence-corrected chi connectivity index (χ0v) is 10.5. The summed E-state index contributed by atoms with van der Waals surface area (Å²) < 4.78 is 6.95. The molecule has 1 aromatic heterocycles. The van der Waals surface area contributed by atoms with E-state index in [9.17, 15) is 15.2 Å². The number of nitrogens with zero attached hydrogens (tertiary/aromatic N) is 3. The predicted molar refractivity (Wildman–Crippen MR) is 67.0 cm³/mol. The van der Waals surface area contributed by atoms with Gasteiger partial charge >= 0.3 is 5.69 Å². The molecule has 0 radical (unpaired) electrons. The molecular weight excluding hydrogens is 250 g/mol. The fourth-order valence-electron chi connectivity index (χ4n) is 1.60. The Bertz CT molecular complexity index is 607. The smallest absolute Gasteiger partial charge is 0.311 e. The summed E-state index contributed by atoms with van der Waals surface area (Å²) in [6.45, 7) is 1.54. The number of aliphatic hydroxyl groups excluding tert-OH is 1. The lowest BCUT2D eigenvalue weighted by molar-refractivity contribution is -0.385. The van der Waals surface area contributed by atoms with Crippen LogP contribution in [-0.2, 0) is 7.05 Å². The first-order valence-corrected chi connectivity index (χ1v) is 5.60. The van der Waals surface area contributed by atoms with Crippen molar-refractivity contribution >= 4 is 5.69 Å². The lowest BCUT2D eigenvalue weighted by Crippen LogP contribution is -1.97. The average molecular weight is 263 g/mol. The molecule has 2 aromatic rings. The topological polar surface area (TPSA) is 90.4 Å². The van der Waals surface area contributed by atoms with Gasteiger partial charge in [-0.05, 0) is 18.6 Å². The standard InChI is InChI=1S/C12H13N3O4/c1-8(16)9-3-4-12(11(5-9)15(17)18)19-10-6-13-14(2)7-10/h3-8,16H,1-2H3/t8-/m1/s1. The first-order valence-electron chi connectivity index (χ1n) is 5.60. The van der Waals surface area contributed by atoms with E-state index in [-0.39, 0.29) is 11.4 Å². The Hall–Kier alpha value is -2.41. The maximum absolute atomic E-state index is 11.0. The second-order valence-corrected chi connectivity index (χ2v) is 4.11. The normalized spacial score (nSPS) is 12.2. The molecule has 0 saturated carbocycles. The van der Waals surface area contributed by atoms with E-state index < -0.39 is 11.0 Å². The van der Waals surface area contributed by atoms with E-state index in [1.165, 1.54) is 23.0 Å². The SMILES string of the molecule is C[C@@H](O)c1ccc(Oc2cnn(C)c2)c([N+](=O)[O-])c1. The van der Waals surface area contributed by atoms with Gasteiger partial charge in [0.2, 0.25) is 5.75 Å². The fourth-order valence-corrected chi connectivity index (χ4v) is 1.60. The van der Waals surface area contributed by atoms with Gasteiger partial charge in [0, 0.05) is 13.1 Å². The molecule has 0 fully saturated rings. The monoisotopic (exact) mass is 263 g/mol. The quantitative estimate of drug-likeness (QED) is 0.674. The third kappa shape index (κ3) is 2.89. The molecule has 0 aliphatic carbocycles. The first kappa shape index (κ1) is 13.0. The van der Waals surface area contributed by atoms with Crippen molar-refractivity contribution in [3.63, 3.8) is 0 Å². The lowest BCUT2D eigenvalue weighted by Gasteiger charge is -2.07. The third-order valence-corrected chi connectivity index (χ3v) is 2.57. The van der Waals surface area contributed by atoms with Crippen molar-refractivity contribution in [3.8, 4) is 11.5 Å². The average Bonchev–Trinajstić information content (AvgIpc) is 2.74. The summed E-state index contributed by atoms with van der Waals surface area (Å²) in [5.41, 5.74) is 0.271. The molecule has 1 N–H and O–H groups in total. The van der Waals surface area contributed by atoms with Crippen LogP contribution in [0.4, 0.5) is 5.69 Å². The van der Waals surface area contributed by atoms with Crippen LogP contribution < -0.4 is 4.74 Å². The number of aromatic nitrogens is 2. The Balaban J connectivity index is 2.36. The number of aliphatic hydroxyl groups is 1. The number of rotatable bonds is 4. The summed E-state index contributed by atoms with van der Waals surface area (Å²) in [5.74, 6) is 0.526. The minimum absolute atomic E-state index is 0.113. The van der Waals surface area contributed by atoms with Crippen molar-refractivity contribution in [2.24, 2.45) is 7.05 Å². The molecule has 0 saturated heterocycles. The summed E-state index contributed by atoms with van der Waals surface area (Å²) in [5, 5.41) is 24.4. The summed E-state index contributed by atoms with van der Waals surface area (Å²) >= 11 is 0. The Kier molecular flexibility index (Phi) is 3.48. The minimum atomic E-state index is -0.772. The summed E-state index contributed by atoms with van der Waals surface area (Å²) in [4.78, 5) is 10.5. The number of ether oxygens (including phenoxy) is 1. The largest absolute Gasteiger partial charge is 0.447 e. The van der Waals surface area contributed by atoms with Gasteiger partial charge in [0.25, 0.3) is 0 Å². The van der Waals surface area contributed by atoms with Crippen molar-refractivity contribution in [1.29, 1.82) is 0 Å². The molecule has 0 aliphatic heterocycles. The van der Waals surface area contributed by atoms with Gasteiger partial charge in [0.15, 0.2) is 5.75 Å². The molecule has 1 aromatic carbocycles. The van der Waals surface area contributed by atoms with E-state index in [1.54, 1.807) is 26.2 Å². The zero-order valence-electron chi connectivity index (χ0n) is 10.5. The third-order valence-electron chi connectivity index (χ3n) is 2.57. The van der Waals surface area contributed by atoms with Crippen molar-refractivity contribution < 1.29 is 14.8 Å². The van der Waals surface area contributed by atoms with Crippen LogP contribution in [0, 0.1) is 10.1 Å². The van der Waals surface area contributed by atoms with E-state index in [0.717, 1.165) is 0 Å². The van der Waals surface area contributed by atoms with Gasteiger partial charge in [-0.25, -0.2) is 0 Å². The van der Waals surface area contributed by atoms with Crippen molar-refractivity contribution in [1.82, 2.24) is 9.78 Å². The van der Waals surface area contributed by atoms with Gasteiger partial charge in [0.1, 0.15) is 0 Å². The second-order valence-electron chi connectivity index (χ2n) is 4.11. The molecule has 1 atom stereocenters. The van der Waals surface area contributed by atoms with E-state index in [4.69, 9.17) is 4.74 Å². The van der Waals surface area contributed by atoms with Gasteiger partial charge in [-0.1, -0.05) is 6.07 Å². The Morgan fingerprint density at radius 1 is 1.53 bits per heavy atom. The van der Waals surface area contributed by atoms with Crippen molar-refractivity contribution in [2.45, 2.75) is 13.0 Å². The number of hydrogen-bond donors (Lipinski definition) is 1. The molecule has 7 heteroatoms. The van der Waals surface area contributed by atoms with E-state index in [0.29, 0.717) is 11.3 Å². The maximum Gasteiger partial charge on any atom is 0.311 e. The predicted octanol–water partition coefficient (Wildman–Crippen LogP) is 2.17. The number of hydrogen-bond acceptors (Lipinski definition) is 5. The van der Waals surface area contributed by atoms with E-state index in [1.807, 2.05) is 0 Å². The molecule has 19 heavy (non-hydrogen) atoms. The van der Waals surface area contributed by atoms with Crippen LogP contribution in [0.15, 0.2) is 30.6 Å². The first-order chi connectivity index (χ1) is 8.97. The summed E-state index contributed by atoms with van der Waals surface area (Å²) in [7, 11) is 1.72. The highest BCUT2D eigenvalue weighted by Gasteiger charge is 2.18. The van der Waals surface area contributed by atoms with Crippen LogP contribution in [-0.4, -0.2) is 19.8 Å². The minimum Gasteiger partial charge on any atom is -0.447 e. The number of nitro groups is 1. The van der Waals surface area contributed by atoms with E-state index in [2.05, 4.69) is 5.10 Å². The molecule has 1 heterocycles. The Morgan fingerprint density at radius 3 is 2.79 bits per heavy atom. The number of aryl methyl sites for hydroxylation is 1. The maximum atomic E-state index is 11.0. The van der Waals surface area contributed by atoms with Crippen LogP contribution >= 0.6 is 0 Å². The molecule has 0 unspecified atom stereocenters. The zero-order chi connectivity index (χ0) is 14.0. The molecule has 0 bridgehead atoms. The highest BCUT2D eigenvalue weighted by molar-refractivity contribution is 5.50. The van der Waals surface area contributed by atoms with Crippen LogP contribution in [0.1, 0.15) is 18.6 Å². The summed E-state index contributed by atoms with van der Waals surface area (Å²) in [6.07, 6.45) is 2.30. The van der Waals surface area contributed by atoms with Gasteiger partial charge in [-0.3, -0.25) is 14.8 Å². The van der Waals surface area contributed by atoms with Crippen LogP contribution in [0.5, 0.6) is 11.5 Å². The Labute approximate surface area is 109 Å². The highest BCUT2D eigenvalue weighted by atomic mass is 16.6. The van der Waals surface area contributed by atoms with Crippen molar-refractivity contribution in [3.05, 3.63) is 46.3 Å². The van der Waals surface area contributed by atoms with Gasteiger partial charge in [-0.15, -0.1) is 0 Å². The van der Waals surface area contributed by atoms with Gasteiger partial charge < -0.3 is 9.84 Å². The molecule has 7 nitrogen and oxygen atoms in total. The van der Waals surface area contributed by atoms with Crippen LogP contribution in [0.25, 0.3) is 0 Å². The van der Waals surface area contributed by atoms with Gasteiger partial charge in [-0.2, -0.15) is 5.10 Å². The molecular formula is C12H13N3O4. The molecule has 0 spiro atoms. The molecule has 2 rings (SSSR count). The number of nitro benzene ring substituents is 1.